The van der Waals surface area contributed by atoms with Gasteiger partial charge < -0.3 is 10.1 Å². The van der Waals surface area contributed by atoms with Crippen LogP contribution in [0, 0.1) is 20.8 Å². The van der Waals surface area contributed by atoms with Crippen molar-refractivity contribution >= 4 is 11.5 Å². The highest BCUT2D eigenvalue weighted by molar-refractivity contribution is 6.24. The summed E-state index contributed by atoms with van der Waals surface area (Å²) in [6, 6.07) is 4.29. The van der Waals surface area contributed by atoms with E-state index in [9.17, 15) is 4.79 Å². The molecule has 0 unspecified atom stereocenters. The van der Waals surface area contributed by atoms with E-state index in [-0.39, 0.29) is 11.4 Å². The summed E-state index contributed by atoms with van der Waals surface area (Å²) in [6.45, 7) is 6.67. The van der Waals surface area contributed by atoms with Crippen LogP contribution in [0.3, 0.4) is 0 Å². The molecule has 24 heavy (non-hydrogen) atoms. The Labute approximate surface area is 144 Å². The Balaban J connectivity index is 2.16. The van der Waals surface area contributed by atoms with Gasteiger partial charge in [-0.1, -0.05) is 37.0 Å². The fourth-order valence-electron chi connectivity index (χ4n) is 4.34. The second-order valence-electron chi connectivity index (χ2n) is 7.22. The van der Waals surface area contributed by atoms with Crippen molar-refractivity contribution in [3.8, 4) is 0 Å². The topological polar surface area (TPSA) is 50.4 Å². The molecule has 4 heteroatoms. The number of carbonyl (C=O) groups excluding carboxylic acids is 1. The van der Waals surface area contributed by atoms with E-state index in [1.807, 2.05) is 7.05 Å². The number of hydrogen-bond acceptors (Lipinski definition) is 3. The number of carbonyl (C=O) groups is 1. The number of aryl methyl sites for hydroxylation is 3. The summed E-state index contributed by atoms with van der Waals surface area (Å²) < 4.78 is 6.11. The number of nitrogens with one attached hydrogen (secondary N) is 2. The molecule has 1 aromatic carbocycles. The van der Waals surface area contributed by atoms with E-state index in [1.165, 1.54) is 12.0 Å². The minimum atomic E-state index is -0.314. The van der Waals surface area contributed by atoms with Gasteiger partial charge >= 0.3 is 0 Å². The third-order valence-electron chi connectivity index (χ3n) is 5.24. The Morgan fingerprint density at radius 3 is 2.33 bits per heavy atom. The van der Waals surface area contributed by atoms with Crippen LogP contribution < -0.4 is 10.6 Å². The van der Waals surface area contributed by atoms with Gasteiger partial charge in [0.25, 0.3) is 5.91 Å². The van der Waals surface area contributed by atoms with Crippen LogP contribution in [-0.4, -0.2) is 25.2 Å². The maximum atomic E-state index is 12.9. The smallest absolute Gasteiger partial charge is 0.256 e. The highest BCUT2D eigenvalue weighted by Gasteiger charge is 2.48. The molecule has 0 radical (unpaired) electrons. The van der Waals surface area contributed by atoms with E-state index >= 15 is 0 Å². The van der Waals surface area contributed by atoms with Crippen LogP contribution in [0.4, 0.5) is 0 Å². The highest BCUT2D eigenvalue weighted by atomic mass is 16.5. The molecule has 0 bridgehead atoms. The Kier molecular flexibility index (Phi) is 4.68. The number of ether oxygens (including phenoxy) is 1. The van der Waals surface area contributed by atoms with Gasteiger partial charge in [-0.05, 0) is 57.4 Å². The quantitative estimate of drug-likeness (QED) is 0.834. The molecule has 1 spiro atoms. The fourth-order valence-corrected chi connectivity index (χ4v) is 4.34. The molecule has 0 saturated heterocycles. The Bertz CT molecular complexity index is 662. The number of hydrogen-bond donors (Lipinski definition) is 2. The first-order chi connectivity index (χ1) is 11.5. The summed E-state index contributed by atoms with van der Waals surface area (Å²) in [5.74, 6) is 0.856. The summed E-state index contributed by atoms with van der Waals surface area (Å²) in [5, 5.41) is 6.33. The lowest BCUT2D eigenvalue weighted by atomic mass is 9.80. The minimum Gasteiger partial charge on any atom is -0.479 e. The normalized spacial score (nSPS) is 19.8. The first-order valence-electron chi connectivity index (χ1n) is 8.91. The van der Waals surface area contributed by atoms with Gasteiger partial charge in [-0.2, -0.15) is 0 Å². The third-order valence-corrected chi connectivity index (χ3v) is 5.24. The Morgan fingerprint density at radius 2 is 1.75 bits per heavy atom. The predicted octanol–water partition coefficient (Wildman–Crippen LogP) is 3.35. The zero-order valence-electron chi connectivity index (χ0n) is 15.2. The first-order valence-corrected chi connectivity index (χ1v) is 8.91. The number of benzene rings is 1. The molecule has 0 atom stereocenters. The molecule has 1 amide bonds. The molecule has 1 aromatic rings. The molecular weight excluding hydrogens is 300 g/mol. The first kappa shape index (κ1) is 17.0. The molecule has 2 aliphatic rings. The fraction of sp³-hybridized carbons (Fsp3) is 0.550. The van der Waals surface area contributed by atoms with Crippen molar-refractivity contribution in [1.29, 1.82) is 0 Å². The van der Waals surface area contributed by atoms with Crippen LogP contribution in [-0.2, 0) is 9.53 Å². The number of amides is 1. The van der Waals surface area contributed by atoms with Crippen LogP contribution in [0.25, 0.3) is 5.57 Å². The zero-order chi connectivity index (χ0) is 17.3. The Morgan fingerprint density at radius 1 is 1.12 bits per heavy atom. The molecule has 3 rings (SSSR count). The van der Waals surface area contributed by atoms with Gasteiger partial charge in [0.2, 0.25) is 0 Å². The maximum absolute atomic E-state index is 12.9. The Hall–Kier alpha value is -1.81. The van der Waals surface area contributed by atoms with E-state index in [1.54, 1.807) is 0 Å². The molecule has 0 aromatic heterocycles. The summed E-state index contributed by atoms with van der Waals surface area (Å²) in [4.78, 5) is 12.9. The van der Waals surface area contributed by atoms with E-state index in [0.29, 0.717) is 6.73 Å². The second-order valence-corrected chi connectivity index (χ2v) is 7.22. The van der Waals surface area contributed by atoms with E-state index in [2.05, 4.69) is 43.5 Å². The van der Waals surface area contributed by atoms with Gasteiger partial charge in [-0.15, -0.1) is 0 Å². The second kappa shape index (κ2) is 6.60. The van der Waals surface area contributed by atoms with Gasteiger partial charge in [-0.3, -0.25) is 10.1 Å². The van der Waals surface area contributed by atoms with Crippen molar-refractivity contribution in [2.45, 2.75) is 58.4 Å². The molecule has 130 valence electrons. The minimum absolute atomic E-state index is 0.0121. The molecule has 1 heterocycles. The molecular formula is C20H28N2O2. The summed E-state index contributed by atoms with van der Waals surface area (Å²) in [7, 11) is 1.86. The average Bonchev–Trinajstić information content (AvgIpc) is 2.77. The molecule has 4 nitrogen and oxygen atoms in total. The van der Waals surface area contributed by atoms with Gasteiger partial charge in [-0.25, -0.2) is 0 Å². The van der Waals surface area contributed by atoms with E-state index < -0.39 is 0 Å². The van der Waals surface area contributed by atoms with Gasteiger partial charge in [0.15, 0.2) is 0 Å². The number of rotatable bonds is 4. The van der Waals surface area contributed by atoms with Crippen LogP contribution in [0.1, 0.15) is 54.4 Å². The van der Waals surface area contributed by atoms with Crippen molar-refractivity contribution in [1.82, 2.24) is 10.6 Å². The van der Waals surface area contributed by atoms with Crippen molar-refractivity contribution in [3.05, 3.63) is 40.1 Å². The van der Waals surface area contributed by atoms with Gasteiger partial charge in [0.05, 0.1) is 11.1 Å². The molecule has 1 aliphatic carbocycles. The monoisotopic (exact) mass is 328 g/mol. The van der Waals surface area contributed by atoms with Crippen LogP contribution in [0.15, 0.2) is 17.9 Å². The van der Waals surface area contributed by atoms with Gasteiger partial charge in [0.1, 0.15) is 12.5 Å². The molecule has 2 N–H and O–H groups in total. The standard InChI is InChI=1S/C20H28N2O2/c1-13-10-14(2)16(15(3)11-13)17-18(24-12-21-4)20(22-19(17)23)8-6-5-7-9-20/h10-11,21H,5-9,12H2,1-4H3,(H,22,23). The molecule has 1 aliphatic heterocycles. The van der Waals surface area contributed by atoms with Gasteiger partial charge in [0, 0.05) is 0 Å². The van der Waals surface area contributed by atoms with Crippen molar-refractivity contribution < 1.29 is 9.53 Å². The lowest BCUT2D eigenvalue weighted by Gasteiger charge is -2.35. The van der Waals surface area contributed by atoms with Crippen LogP contribution in [0.5, 0.6) is 0 Å². The van der Waals surface area contributed by atoms with Crippen LogP contribution >= 0.6 is 0 Å². The predicted molar refractivity (Wildman–Crippen MR) is 96.5 cm³/mol. The largest absolute Gasteiger partial charge is 0.479 e. The SMILES string of the molecule is CNCOC1=C(c2c(C)cc(C)cc2C)C(=O)NC12CCCCC2. The average molecular weight is 328 g/mol. The van der Waals surface area contributed by atoms with E-state index in [4.69, 9.17) is 4.74 Å². The van der Waals surface area contributed by atoms with Crippen molar-refractivity contribution in [2.75, 3.05) is 13.8 Å². The van der Waals surface area contributed by atoms with E-state index in [0.717, 1.165) is 53.7 Å². The lowest BCUT2D eigenvalue weighted by Crippen LogP contribution is -2.46. The maximum Gasteiger partial charge on any atom is 0.256 e. The zero-order valence-corrected chi connectivity index (χ0v) is 15.2. The van der Waals surface area contributed by atoms with Crippen LogP contribution in [0.2, 0.25) is 0 Å². The lowest BCUT2D eigenvalue weighted by molar-refractivity contribution is -0.116. The summed E-state index contributed by atoms with van der Waals surface area (Å²) >= 11 is 0. The van der Waals surface area contributed by atoms with Crippen molar-refractivity contribution in [2.24, 2.45) is 0 Å². The molecule has 1 fully saturated rings. The summed E-state index contributed by atoms with van der Waals surface area (Å²) in [5.41, 5.74) is 4.95. The third kappa shape index (κ3) is 2.84. The highest BCUT2D eigenvalue weighted by Crippen LogP contribution is 2.44. The summed E-state index contributed by atoms with van der Waals surface area (Å²) in [6.07, 6.45) is 5.42. The van der Waals surface area contributed by atoms with Crippen molar-refractivity contribution in [3.63, 3.8) is 0 Å². The molecule has 1 saturated carbocycles.